The molecule has 0 aromatic heterocycles. The largest absolute Gasteiger partial charge is 0.479 e. The van der Waals surface area contributed by atoms with Crippen molar-refractivity contribution in [2.24, 2.45) is 0 Å². The van der Waals surface area contributed by atoms with E-state index >= 15 is 0 Å². The Morgan fingerprint density at radius 2 is 1.59 bits per heavy atom. The molecule has 3 aromatic carbocycles. The minimum absolute atomic E-state index is 0.0548. The third kappa shape index (κ3) is 3.84. The van der Waals surface area contributed by atoms with E-state index in [0.717, 1.165) is 27.2 Å². The molecule has 0 bridgehead atoms. The molecule has 0 fully saturated rings. The van der Waals surface area contributed by atoms with Crippen LogP contribution in [-0.2, 0) is 16.0 Å². The van der Waals surface area contributed by atoms with Crippen LogP contribution in [0, 0.1) is 5.82 Å². The lowest BCUT2D eigenvalue weighted by atomic mass is 9.91. The van der Waals surface area contributed by atoms with E-state index < -0.39 is 23.4 Å². The lowest BCUT2D eigenvalue weighted by molar-refractivity contribution is -0.148. The second kappa shape index (κ2) is 8.46. The Morgan fingerprint density at radius 1 is 1.00 bits per heavy atom. The Morgan fingerprint density at radius 3 is 2.16 bits per heavy atom. The maximum atomic E-state index is 13.6. The first-order valence-corrected chi connectivity index (χ1v) is 10.4. The molecule has 1 atom stereocenters. The van der Waals surface area contributed by atoms with Crippen LogP contribution in [0.2, 0.25) is 0 Å². The zero-order valence-electron chi connectivity index (χ0n) is 17.9. The molecule has 0 radical (unpaired) electrons. The van der Waals surface area contributed by atoms with Gasteiger partial charge in [-0.25, -0.2) is 14.0 Å². The quantitative estimate of drug-likeness (QED) is 0.588. The van der Waals surface area contributed by atoms with E-state index in [2.05, 4.69) is 0 Å². The average molecular weight is 433 g/mol. The number of likely N-dealkylation sites (N-methyl/N-ethyl adjacent to an activating group) is 1. The van der Waals surface area contributed by atoms with Crippen molar-refractivity contribution in [2.75, 3.05) is 13.7 Å². The number of carbonyl (C=O) groups is 2. The molecule has 0 saturated heterocycles. The summed E-state index contributed by atoms with van der Waals surface area (Å²) in [5.74, 6) is -1.78. The van der Waals surface area contributed by atoms with E-state index in [1.54, 1.807) is 6.07 Å². The van der Waals surface area contributed by atoms with Gasteiger partial charge in [-0.3, -0.25) is 4.90 Å². The third-order valence-electron chi connectivity index (χ3n) is 6.25. The number of benzene rings is 3. The molecule has 0 heterocycles. The molecular weight excluding hydrogens is 409 g/mol. The zero-order chi connectivity index (χ0) is 22.9. The number of ether oxygens (including phenoxy) is 1. The van der Waals surface area contributed by atoms with Gasteiger partial charge in [0.15, 0.2) is 0 Å². The van der Waals surface area contributed by atoms with Crippen molar-refractivity contribution in [3.63, 3.8) is 0 Å². The van der Waals surface area contributed by atoms with Crippen molar-refractivity contribution in [1.29, 1.82) is 0 Å². The standard InChI is InChI=1S/C26H24FNO4/c1-26(24(29)30,15-17-8-7-9-18(27)14-17)28(2)25(31)32-16-23-21-12-5-3-10-19(21)20-11-4-6-13-22(20)23/h3-14,23H,15-16H2,1-2H3,(H,29,30). The number of carbonyl (C=O) groups excluding carboxylic acids is 1. The number of rotatable bonds is 6. The van der Waals surface area contributed by atoms with Crippen molar-refractivity contribution in [3.05, 3.63) is 95.3 Å². The summed E-state index contributed by atoms with van der Waals surface area (Å²) in [5.41, 5.74) is 3.25. The van der Waals surface area contributed by atoms with Crippen LogP contribution in [0.5, 0.6) is 0 Å². The van der Waals surface area contributed by atoms with E-state index in [-0.39, 0.29) is 18.9 Å². The SMILES string of the molecule is CN(C(=O)OCC1c2ccccc2-c2ccccc21)C(C)(Cc1cccc(F)c1)C(=O)O. The van der Waals surface area contributed by atoms with Crippen molar-refractivity contribution in [2.45, 2.75) is 24.8 Å². The van der Waals surface area contributed by atoms with Gasteiger partial charge in [-0.1, -0.05) is 60.7 Å². The maximum absolute atomic E-state index is 13.6. The number of aliphatic carboxylic acids is 1. The molecule has 6 heteroatoms. The number of hydrogen-bond donors (Lipinski definition) is 1. The Hall–Kier alpha value is -3.67. The predicted molar refractivity (Wildman–Crippen MR) is 119 cm³/mol. The van der Waals surface area contributed by atoms with E-state index in [1.807, 2.05) is 48.5 Å². The van der Waals surface area contributed by atoms with E-state index in [1.165, 1.54) is 32.2 Å². The van der Waals surface area contributed by atoms with Gasteiger partial charge in [-0.2, -0.15) is 0 Å². The summed E-state index contributed by atoms with van der Waals surface area (Å²) in [6.45, 7) is 1.52. The third-order valence-corrected chi connectivity index (χ3v) is 6.25. The second-order valence-electron chi connectivity index (χ2n) is 8.25. The lowest BCUT2D eigenvalue weighted by Crippen LogP contribution is -2.54. The molecule has 1 unspecified atom stereocenters. The molecule has 3 aromatic rings. The van der Waals surface area contributed by atoms with Crippen LogP contribution < -0.4 is 0 Å². The van der Waals surface area contributed by atoms with Crippen LogP contribution in [-0.4, -0.2) is 41.3 Å². The summed E-state index contributed by atoms with van der Waals surface area (Å²) < 4.78 is 19.2. The van der Waals surface area contributed by atoms with Gasteiger partial charge >= 0.3 is 12.1 Å². The minimum Gasteiger partial charge on any atom is -0.479 e. The highest BCUT2D eigenvalue weighted by molar-refractivity contribution is 5.84. The lowest BCUT2D eigenvalue weighted by Gasteiger charge is -2.34. The van der Waals surface area contributed by atoms with Gasteiger partial charge in [0.25, 0.3) is 0 Å². The zero-order valence-corrected chi connectivity index (χ0v) is 17.9. The highest BCUT2D eigenvalue weighted by Crippen LogP contribution is 2.44. The Bertz CT molecular complexity index is 1130. The fraction of sp³-hybridized carbons (Fsp3) is 0.231. The Balaban J connectivity index is 1.52. The summed E-state index contributed by atoms with van der Waals surface area (Å²) in [6, 6.07) is 21.7. The molecule has 1 N–H and O–H groups in total. The molecule has 164 valence electrons. The van der Waals surface area contributed by atoms with Gasteiger partial charge in [0.05, 0.1) is 0 Å². The van der Waals surface area contributed by atoms with Gasteiger partial charge in [0.1, 0.15) is 18.0 Å². The van der Waals surface area contributed by atoms with Crippen LogP contribution in [0.25, 0.3) is 11.1 Å². The summed E-state index contributed by atoms with van der Waals surface area (Å²) in [6.07, 6.45) is -0.797. The highest BCUT2D eigenvalue weighted by atomic mass is 19.1. The molecule has 0 aliphatic heterocycles. The summed E-state index contributed by atoms with van der Waals surface area (Å²) in [5, 5.41) is 9.88. The number of carboxylic acids is 1. The van der Waals surface area contributed by atoms with E-state index in [9.17, 15) is 19.1 Å². The molecule has 1 amide bonds. The first kappa shape index (κ1) is 21.6. The molecule has 4 rings (SSSR count). The molecule has 1 aliphatic carbocycles. The van der Waals surface area contributed by atoms with Crippen molar-refractivity contribution >= 4 is 12.1 Å². The Kier molecular flexibility index (Phi) is 5.70. The van der Waals surface area contributed by atoms with Crippen LogP contribution in [0.15, 0.2) is 72.8 Å². The highest BCUT2D eigenvalue weighted by Gasteiger charge is 2.42. The molecule has 1 aliphatic rings. The van der Waals surface area contributed by atoms with Crippen LogP contribution in [0.1, 0.15) is 29.5 Å². The maximum Gasteiger partial charge on any atom is 0.410 e. The normalized spacial score (nSPS) is 14.2. The fourth-order valence-electron chi connectivity index (χ4n) is 4.27. The smallest absolute Gasteiger partial charge is 0.410 e. The molecule has 5 nitrogen and oxygen atoms in total. The summed E-state index contributed by atoms with van der Waals surface area (Å²) in [4.78, 5) is 26.1. The topological polar surface area (TPSA) is 66.8 Å². The van der Waals surface area contributed by atoms with Gasteiger partial charge < -0.3 is 9.84 Å². The molecule has 32 heavy (non-hydrogen) atoms. The summed E-state index contributed by atoms with van der Waals surface area (Å²) >= 11 is 0. The number of halogens is 1. The fourth-order valence-corrected chi connectivity index (χ4v) is 4.27. The van der Waals surface area contributed by atoms with Gasteiger partial charge in [0, 0.05) is 19.4 Å². The number of hydrogen-bond acceptors (Lipinski definition) is 3. The molecule has 0 spiro atoms. The average Bonchev–Trinajstić information content (AvgIpc) is 3.10. The Labute approximate surface area is 186 Å². The van der Waals surface area contributed by atoms with Crippen LogP contribution in [0.3, 0.4) is 0 Å². The monoisotopic (exact) mass is 433 g/mol. The van der Waals surface area contributed by atoms with Crippen molar-refractivity contribution in [3.8, 4) is 11.1 Å². The number of nitrogens with zero attached hydrogens (tertiary/aromatic N) is 1. The van der Waals surface area contributed by atoms with E-state index in [4.69, 9.17) is 4.74 Å². The number of carboxylic acid groups (broad SMARTS) is 1. The van der Waals surface area contributed by atoms with Gasteiger partial charge in [-0.05, 0) is 46.9 Å². The van der Waals surface area contributed by atoms with Crippen molar-refractivity contribution < 1.29 is 23.8 Å². The van der Waals surface area contributed by atoms with Crippen molar-refractivity contribution in [1.82, 2.24) is 4.90 Å². The van der Waals surface area contributed by atoms with Crippen LogP contribution in [0.4, 0.5) is 9.18 Å². The first-order valence-electron chi connectivity index (χ1n) is 10.4. The predicted octanol–water partition coefficient (Wildman–Crippen LogP) is 5.09. The number of fused-ring (bicyclic) bond motifs is 3. The molecule has 0 saturated carbocycles. The second-order valence-corrected chi connectivity index (χ2v) is 8.25. The molecular formula is C26H24FNO4. The van der Waals surface area contributed by atoms with Gasteiger partial charge in [-0.15, -0.1) is 0 Å². The van der Waals surface area contributed by atoms with Crippen LogP contribution >= 0.6 is 0 Å². The summed E-state index contributed by atoms with van der Waals surface area (Å²) in [7, 11) is 1.40. The van der Waals surface area contributed by atoms with Gasteiger partial charge in [0.2, 0.25) is 0 Å². The van der Waals surface area contributed by atoms with E-state index in [0.29, 0.717) is 5.56 Å². The first-order chi connectivity index (χ1) is 15.3. The number of amides is 1. The minimum atomic E-state index is -1.60.